The third-order valence-corrected chi connectivity index (χ3v) is 4.79. The SMILES string of the molecule is Cc1csc(-c2ccc(C(=O)N(C)CC(=O)Nc3ccccc3)cc2)n1. The number of anilines is 1. The monoisotopic (exact) mass is 365 g/mol. The maximum absolute atomic E-state index is 12.5. The van der Waals surface area contributed by atoms with Crippen LogP contribution < -0.4 is 5.32 Å². The van der Waals surface area contributed by atoms with E-state index in [9.17, 15) is 9.59 Å². The first-order valence-corrected chi connectivity index (χ1v) is 9.04. The molecule has 2 aromatic carbocycles. The summed E-state index contributed by atoms with van der Waals surface area (Å²) in [4.78, 5) is 30.4. The molecule has 6 heteroatoms. The van der Waals surface area contributed by atoms with Crippen LogP contribution in [-0.2, 0) is 4.79 Å². The molecule has 132 valence electrons. The maximum Gasteiger partial charge on any atom is 0.254 e. The van der Waals surface area contributed by atoms with Crippen molar-refractivity contribution in [2.45, 2.75) is 6.92 Å². The number of rotatable bonds is 5. The summed E-state index contributed by atoms with van der Waals surface area (Å²) in [5, 5.41) is 5.69. The van der Waals surface area contributed by atoms with E-state index in [0.29, 0.717) is 11.3 Å². The van der Waals surface area contributed by atoms with E-state index in [0.717, 1.165) is 16.3 Å². The zero-order valence-electron chi connectivity index (χ0n) is 14.6. The van der Waals surface area contributed by atoms with Gasteiger partial charge in [0.15, 0.2) is 0 Å². The predicted octanol–water partition coefficient (Wildman–Crippen LogP) is 3.83. The molecule has 0 spiro atoms. The number of carbonyl (C=O) groups excluding carboxylic acids is 2. The minimum Gasteiger partial charge on any atom is -0.332 e. The molecule has 26 heavy (non-hydrogen) atoms. The normalized spacial score (nSPS) is 10.4. The first-order chi connectivity index (χ1) is 12.5. The summed E-state index contributed by atoms with van der Waals surface area (Å²) in [5.41, 5.74) is 3.21. The number of thiazole rings is 1. The highest BCUT2D eigenvalue weighted by Crippen LogP contribution is 2.23. The van der Waals surface area contributed by atoms with E-state index < -0.39 is 0 Å². The maximum atomic E-state index is 12.5. The molecule has 0 aliphatic rings. The second kappa shape index (κ2) is 7.93. The molecule has 2 amide bonds. The number of amides is 2. The minimum atomic E-state index is -0.234. The highest BCUT2D eigenvalue weighted by molar-refractivity contribution is 7.13. The summed E-state index contributed by atoms with van der Waals surface area (Å²) in [6, 6.07) is 16.5. The Kier molecular flexibility index (Phi) is 5.43. The molecule has 0 unspecified atom stereocenters. The summed E-state index contributed by atoms with van der Waals surface area (Å²) >= 11 is 1.57. The molecule has 0 bridgehead atoms. The average molecular weight is 365 g/mol. The Labute approximate surface area is 156 Å². The van der Waals surface area contributed by atoms with Crippen molar-refractivity contribution in [3.8, 4) is 10.6 Å². The second-order valence-corrected chi connectivity index (χ2v) is 6.80. The van der Waals surface area contributed by atoms with Crippen LogP contribution in [0.2, 0.25) is 0 Å². The van der Waals surface area contributed by atoms with Crippen molar-refractivity contribution in [1.29, 1.82) is 0 Å². The quantitative estimate of drug-likeness (QED) is 0.747. The van der Waals surface area contributed by atoms with Crippen LogP contribution in [-0.4, -0.2) is 35.3 Å². The van der Waals surface area contributed by atoms with Gasteiger partial charge in [-0.2, -0.15) is 0 Å². The van der Waals surface area contributed by atoms with Gasteiger partial charge in [-0.05, 0) is 31.2 Å². The van der Waals surface area contributed by atoms with Crippen LogP contribution in [0.15, 0.2) is 60.0 Å². The number of para-hydroxylation sites is 1. The fourth-order valence-corrected chi connectivity index (χ4v) is 3.28. The molecule has 0 fully saturated rings. The second-order valence-electron chi connectivity index (χ2n) is 5.95. The molecule has 1 heterocycles. The first-order valence-electron chi connectivity index (χ1n) is 8.16. The van der Waals surface area contributed by atoms with Gasteiger partial charge in [0.2, 0.25) is 5.91 Å². The number of hydrogen-bond donors (Lipinski definition) is 1. The highest BCUT2D eigenvalue weighted by atomic mass is 32.1. The van der Waals surface area contributed by atoms with Crippen LogP contribution in [0.4, 0.5) is 5.69 Å². The predicted molar refractivity (Wildman–Crippen MR) is 104 cm³/mol. The molecule has 0 aliphatic carbocycles. The van der Waals surface area contributed by atoms with Crippen molar-refractivity contribution in [3.05, 3.63) is 71.2 Å². The Morgan fingerprint density at radius 1 is 1.08 bits per heavy atom. The van der Waals surface area contributed by atoms with Gasteiger partial charge in [0.1, 0.15) is 5.01 Å². The first kappa shape index (κ1) is 17.8. The van der Waals surface area contributed by atoms with Crippen molar-refractivity contribution in [1.82, 2.24) is 9.88 Å². The summed E-state index contributed by atoms with van der Waals surface area (Å²) < 4.78 is 0. The Bertz CT molecular complexity index is 904. The van der Waals surface area contributed by atoms with Crippen molar-refractivity contribution in [2.24, 2.45) is 0 Å². The minimum absolute atomic E-state index is 0.0127. The molecule has 1 aromatic heterocycles. The molecule has 0 atom stereocenters. The van der Waals surface area contributed by atoms with E-state index in [4.69, 9.17) is 0 Å². The third-order valence-electron chi connectivity index (χ3n) is 3.78. The van der Waals surface area contributed by atoms with Crippen LogP contribution in [0, 0.1) is 6.92 Å². The van der Waals surface area contributed by atoms with Gasteiger partial charge in [-0.25, -0.2) is 4.98 Å². The molecular weight excluding hydrogens is 346 g/mol. The van der Waals surface area contributed by atoms with Gasteiger partial charge >= 0.3 is 0 Å². The number of nitrogens with one attached hydrogen (secondary N) is 1. The third kappa shape index (κ3) is 4.34. The van der Waals surface area contributed by atoms with E-state index >= 15 is 0 Å². The Morgan fingerprint density at radius 2 is 1.77 bits per heavy atom. The van der Waals surface area contributed by atoms with Crippen LogP contribution in [0.5, 0.6) is 0 Å². The van der Waals surface area contributed by atoms with Crippen molar-refractivity contribution in [3.63, 3.8) is 0 Å². The molecule has 1 N–H and O–H groups in total. The van der Waals surface area contributed by atoms with Crippen molar-refractivity contribution < 1.29 is 9.59 Å². The van der Waals surface area contributed by atoms with Gasteiger partial charge in [0, 0.05) is 34.9 Å². The summed E-state index contributed by atoms with van der Waals surface area (Å²) in [5.74, 6) is -0.433. The van der Waals surface area contributed by atoms with E-state index in [1.807, 2.05) is 42.6 Å². The molecule has 0 radical (unpaired) electrons. The fourth-order valence-electron chi connectivity index (χ4n) is 2.47. The molecule has 0 aliphatic heterocycles. The molecule has 3 rings (SSSR count). The molecule has 5 nitrogen and oxygen atoms in total. The molecular formula is C20H19N3O2S. The lowest BCUT2D eigenvalue weighted by atomic mass is 10.1. The average Bonchev–Trinajstić information content (AvgIpc) is 3.08. The van der Waals surface area contributed by atoms with Gasteiger partial charge in [0.25, 0.3) is 5.91 Å². The van der Waals surface area contributed by atoms with Crippen LogP contribution in [0.25, 0.3) is 10.6 Å². The Morgan fingerprint density at radius 3 is 2.38 bits per heavy atom. The topological polar surface area (TPSA) is 62.3 Å². The van der Waals surface area contributed by atoms with Gasteiger partial charge < -0.3 is 10.2 Å². The van der Waals surface area contributed by atoms with Gasteiger partial charge in [-0.1, -0.05) is 30.3 Å². The van der Waals surface area contributed by atoms with Crippen LogP contribution >= 0.6 is 11.3 Å². The summed E-state index contributed by atoms with van der Waals surface area (Å²) in [6.45, 7) is 1.94. The lowest BCUT2D eigenvalue weighted by Gasteiger charge is -2.17. The molecule has 0 saturated heterocycles. The lowest BCUT2D eigenvalue weighted by molar-refractivity contribution is -0.116. The van der Waals surface area contributed by atoms with Crippen molar-refractivity contribution >= 4 is 28.8 Å². The Balaban J connectivity index is 1.62. The van der Waals surface area contributed by atoms with E-state index in [1.54, 1.807) is 42.6 Å². The Hall–Kier alpha value is -2.99. The van der Waals surface area contributed by atoms with Crippen LogP contribution in [0.1, 0.15) is 16.1 Å². The van der Waals surface area contributed by atoms with E-state index in [2.05, 4.69) is 10.3 Å². The van der Waals surface area contributed by atoms with E-state index in [-0.39, 0.29) is 18.4 Å². The number of likely N-dealkylation sites (N-methyl/N-ethyl adjacent to an activating group) is 1. The highest BCUT2D eigenvalue weighted by Gasteiger charge is 2.15. The number of carbonyl (C=O) groups is 2. The number of nitrogens with zero attached hydrogens (tertiary/aromatic N) is 2. The van der Waals surface area contributed by atoms with Crippen molar-refractivity contribution in [2.75, 3.05) is 18.9 Å². The summed E-state index contributed by atoms with van der Waals surface area (Å²) in [7, 11) is 1.62. The molecule has 0 saturated carbocycles. The summed E-state index contributed by atoms with van der Waals surface area (Å²) in [6.07, 6.45) is 0. The van der Waals surface area contributed by atoms with Crippen LogP contribution in [0.3, 0.4) is 0 Å². The number of hydrogen-bond acceptors (Lipinski definition) is 4. The number of aromatic nitrogens is 1. The van der Waals surface area contributed by atoms with Gasteiger partial charge in [-0.15, -0.1) is 11.3 Å². The zero-order valence-corrected chi connectivity index (χ0v) is 15.4. The molecule has 3 aromatic rings. The van der Waals surface area contributed by atoms with Gasteiger partial charge in [0.05, 0.1) is 6.54 Å². The standard InChI is InChI=1S/C20H19N3O2S/c1-14-13-26-19(21-14)15-8-10-16(11-9-15)20(25)23(2)12-18(24)22-17-6-4-3-5-7-17/h3-11,13H,12H2,1-2H3,(H,22,24). The largest absolute Gasteiger partial charge is 0.332 e. The van der Waals surface area contributed by atoms with E-state index in [1.165, 1.54) is 4.90 Å². The smallest absolute Gasteiger partial charge is 0.254 e. The number of aryl methyl sites for hydroxylation is 1. The lowest BCUT2D eigenvalue weighted by Crippen LogP contribution is -2.34. The fraction of sp³-hybridized carbons (Fsp3) is 0.150. The number of benzene rings is 2. The van der Waals surface area contributed by atoms with Gasteiger partial charge in [-0.3, -0.25) is 9.59 Å². The zero-order chi connectivity index (χ0) is 18.5.